The Kier molecular flexibility index (Phi) is 8.00. The first-order valence-electron chi connectivity index (χ1n) is 11.4. The Hall–Kier alpha value is -3.72. The molecule has 3 aromatic rings. The maximum absolute atomic E-state index is 12.0. The van der Waals surface area contributed by atoms with E-state index < -0.39 is 10.0 Å². The minimum atomic E-state index is -3.51. The standard InChI is InChI=1S/C25H27N5O5S/c1-36(32,33)30(12-13-31)21-5-3-20(4-6-21)28-25-27-11-8-23(29-25)18-2-7-24(19(16-18)17-26)35-22-9-14-34-15-10-22/h2-8,11,16,22,31H,9-10,12-15H2,1H3,(H,27,28,29). The lowest BCUT2D eigenvalue weighted by Gasteiger charge is -2.23. The van der Waals surface area contributed by atoms with Crippen molar-refractivity contribution < 1.29 is 23.0 Å². The van der Waals surface area contributed by atoms with Crippen molar-refractivity contribution in [1.29, 1.82) is 5.26 Å². The lowest BCUT2D eigenvalue weighted by molar-refractivity contribution is 0.0254. The molecule has 2 heterocycles. The largest absolute Gasteiger partial charge is 0.489 e. The summed E-state index contributed by atoms with van der Waals surface area (Å²) in [5, 5.41) is 22.0. The molecule has 4 rings (SSSR count). The molecule has 0 bridgehead atoms. The first-order valence-corrected chi connectivity index (χ1v) is 13.3. The highest BCUT2D eigenvalue weighted by Gasteiger charge is 2.18. The molecule has 0 amide bonds. The summed E-state index contributed by atoms with van der Waals surface area (Å²) in [5.41, 5.74) is 2.91. The predicted molar refractivity (Wildman–Crippen MR) is 136 cm³/mol. The maximum atomic E-state index is 12.0. The number of aliphatic hydroxyl groups is 1. The summed E-state index contributed by atoms with van der Waals surface area (Å²) < 4.78 is 36.5. The third-order valence-electron chi connectivity index (χ3n) is 5.63. The van der Waals surface area contributed by atoms with Gasteiger partial charge in [0.2, 0.25) is 16.0 Å². The smallest absolute Gasteiger partial charge is 0.232 e. The van der Waals surface area contributed by atoms with Gasteiger partial charge in [0.05, 0.1) is 49.6 Å². The summed E-state index contributed by atoms with van der Waals surface area (Å²) in [5.74, 6) is 0.890. The van der Waals surface area contributed by atoms with Crippen molar-refractivity contribution in [3.05, 3.63) is 60.3 Å². The van der Waals surface area contributed by atoms with E-state index in [1.807, 2.05) is 6.07 Å². The van der Waals surface area contributed by atoms with Gasteiger partial charge in [0.1, 0.15) is 17.9 Å². The van der Waals surface area contributed by atoms with Gasteiger partial charge in [-0.15, -0.1) is 0 Å². The molecule has 36 heavy (non-hydrogen) atoms. The average molecular weight is 510 g/mol. The monoisotopic (exact) mass is 509 g/mol. The van der Waals surface area contributed by atoms with Gasteiger partial charge in [-0.25, -0.2) is 18.4 Å². The normalized spacial score (nSPS) is 14.1. The number of hydrogen-bond donors (Lipinski definition) is 2. The van der Waals surface area contributed by atoms with Crippen LogP contribution < -0.4 is 14.4 Å². The van der Waals surface area contributed by atoms with E-state index in [0.717, 1.165) is 29.0 Å². The number of benzene rings is 2. The van der Waals surface area contributed by atoms with Gasteiger partial charge < -0.3 is 19.9 Å². The van der Waals surface area contributed by atoms with Crippen molar-refractivity contribution in [2.45, 2.75) is 18.9 Å². The molecule has 2 aromatic carbocycles. The molecule has 0 unspecified atom stereocenters. The molecular weight excluding hydrogens is 482 g/mol. The molecule has 0 aliphatic carbocycles. The topological polar surface area (TPSA) is 138 Å². The molecule has 11 heteroatoms. The van der Waals surface area contributed by atoms with Gasteiger partial charge in [0.25, 0.3) is 0 Å². The second-order valence-electron chi connectivity index (χ2n) is 8.25. The SMILES string of the molecule is CS(=O)(=O)N(CCO)c1ccc(Nc2nccc(-c3ccc(OC4CCOCC4)c(C#N)c3)n2)cc1. The van der Waals surface area contributed by atoms with Gasteiger partial charge in [0, 0.05) is 30.3 Å². The number of aliphatic hydroxyl groups excluding tert-OH is 1. The van der Waals surface area contributed by atoms with Gasteiger partial charge in [-0.05, 0) is 48.5 Å². The van der Waals surface area contributed by atoms with Crippen LogP contribution in [0.3, 0.4) is 0 Å². The fourth-order valence-electron chi connectivity index (χ4n) is 3.85. The van der Waals surface area contributed by atoms with Crippen LogP contribution in [0, 0.1) is 11.3 Å². The summed E-state index contributed by atoms with van der Waals surface area (Å²) in [6, 6.07) is 16.0. The lowest BCUT2D eigenvalue weighted by Crippen LogP contribution is -2.32. The molecule has 10 nitrogen and oxygen atoms in total. The van der Waals surface area contributed by atoms with Gasteiger partial charge >= 0.3 is 0 Å². The first kappa shape index (κ1) is 25.4. The van der Waals surface area contributed by atoms with Crippen molar-refractivity contribution in [3.8, 4) is 23.1 Å². The first-order chi connectivity index (χ1) is 17.4. The van der Waals surface area contributed by atoms with E-state index in [9.17, 15) is 18.8 Å². The molecule has 1 aromatic heterocycles. The second-order valence-corrected chi connectivity index (χ2v) is 10.2. The van der Waals surface area contributed by atoms with Crippen LogP contribution in [0.2, 0.25) is 0 Å². The van der Waals surface area contributed by atoms with E-state index in [1.54, 1.807) is 48.7 Å². The fourth-order valence-corrected chi connectivity index (χ4v) is 4.77. The van der Waals surface area contributed by atoms with Gasteiger partial charge in [-0.2, -0.15) is 5.26 Å². The predicted octanol–water partition coefficient (Wildman–Crippen LogP) is 3.07. The summed E-state index contributed by atoms with van der Waals surface area (Å²) in [4.78, 5) is 8.82. The molecule has 0 radical (unpaired) electrons. The second kappa shape index (κ2) is 11.3. The van der Waals surface area contributed by atoms with Crippen LogP contribution in [0.5, 0.6) is 5.75 Å². The van der Waals surface area contributed by atoms with Crippen molar-refractivity contribution in [2.24, 2.45) is 0 Å². The van der Waals surface area contributed by atoms with Crippen molar-refractivity contribution in [1.82, 2.24) is 9.97 Å². The van der Waals surface area contributed by atoms with Crippen LogP contribution in [0.25, 0.3) is 11.3 Å². The quantitative estimate of drug-likeness (QED) is 0.446. The number of anilines is 3. The van der Waals surface area contributed by atoms with Gasteiger partial charge in [0.15, 0.2) is 0 Å². The van der Waals surface area contributed by atoms with Gasteiger partial charge in [-0.3, -0.25) is 4.31 Å². The van der Waals surface area contributed by atoms with E-state index in [4.69, 9.17) is 9.47 Å². The number of rotatable bonds is 9. The molecule has 1 aliphatic heterocycles. The molecular formula is C25H27N5O5S. The lowest BCUT2D eigenvalue weighted by atomic mass is 10.1. The summed E-state index contributed by atoms with van der Waals surface area (Å²) in [6.07, 6.45) is 4.33. The number of ether oxygens (including phenoxy) is 2. The number of hydrogen-bond acceptors (Lipinski definition) is 9. The molecule has 1 fully saturated rings. The number of aromatic nitrogens is 2. The average Bonchev–Trinajstić information content (AvgIpc) is 2.88. The molecule has 0 saturated carbocycles. The zero-order chi connectivity index (χ0) is 25.5. The third kappa shape index (κ3) is 6.28. The van der Waals surface area contributed by atoms with Gasteiger partial charge in [-0.1, -0.05) is 0 Å². The van der Waals surface area contributed by atoms with Crippen LogP contribution >= 0.6 is 0 Å². The minimum Gasteiger partial charge on any atom is -0.489 e. The highest BCUT2D eigenvalue weighted by Crippen LogP contribution is 2.28. The molecule has 0 spiro atoms. The Bertz CT molecular complexity index is 1340. The van der Waals surface area contributed by atoms with Crippen LogP contribution in [0.1, 0.15) is 18.4 Å². The summed E-state index contributed by atoms with van der Waals surface area (Å²) >= 11 is 0. The zero-order valence-electron chi connectivity index (χ0n) is 19.8. The van der Waals surface area contributed by atoms with E-state index >= 15 is 0 Å². The molecule has 0 atom stereocenters. The van der Waals surface area contributed by atoms with Crippen LogP contribution in [0.15, 0.2) is 54.7 Å². The van der Waals surface area contributed by atoms with E-state index in [-0.39, 0.29) is 19.3 Å². The van der Waals surface area contributed by atoms with Crippen molar-refractivity contribution in [3.63, 3.8) is 0 Å². The summed E-state index contributed by atoms with van der Waals surface area (Å²) in [6.45, 7) is 0.996. The van der Waals surface area contributed by atoms with Crippen molar-refractivity contribution >= 4 is 27.3 Å². The van der Waals surface area contributed by atoms with E-state index in [1.165, 1.54) is 0 Å². The Morgan fingerprint density at radius 2 is 1.94 bits per heavy atom. The van der Waals surface area contributed by atoms with E-state index in [0.29, 0.717) is 47.5 Å². The zero-order valence-corrected chi connectivity index (χ0v) is 20.6. The number of nitrogens with zero attached hydrogens (tertiary/aromatic N) is 4. The molecule has 188 valence electrons. The highest BCUT2D eigenvalue weighted by atomic mass is 32.2. The van der Waals surface area contributed by atoms with Crippen LogP contribution in [-0.2, 0) is 14.8 Å². The molecule has 1 aliphatic rings. The van der Waals surface area contributed by atoms with Crippen molar-refractivity contribution in [2.75, 3.05) is 42.2 Å². The Balaban J connectivity index is 1.50. The fraction of sp³-hybridized carbons (Fsp3) is 0.320. The Morgan fingerprint density at radius 1 is 1.19 bits per heavy atom. The minimum absolute atomic E-state index is 0.0274. The van der Waals surface area contributed by atoms with E-state index in [2.05, 4.69) is 21.4 Å². The van der Waals surface area contributed by atoms with Crippen LogP contribution in [-0.4, -0.2) is 62.2 Å². The molecule has 1 saturated heterocycles. The number of sulfonamides is 1. The van der Waals surface area contributed by atoms with Crippen LogP contribution in [0.4, 0.5) is 17.3 Å². The summed E-state index contributed by atoms with van der Waals surface area (Å²) in [7, 11) is -3.51. The molecule has 2 N–H and O–H groups in total. The maximum Gasteiger partial charge on any atom is 0.232 e. The number of nitrogens with one attached hydrogen (secondary N) is 1. The Morgan fingerprint density at radius 3 is 2.61 bits per heavy atom. The third-order valence-corrected chi connectivity index (χ3v) is 6.82. The highest BCUT2D eigenvalue weighted by molar-refractivity contribution is 7.92. The number of nitriles is 1. The Labute approximate surface area is 210 Å².